The smallest absolute Gasteiger partial charge is 0.377 e. The third kappa shape index (κ3) is 3.92. The van der Waals surface area contributed by atoms with Gasteiger partial charge in [0.1, 0.15) is 11.5 Å². The zero-order valence-electron chi connectivity index (χ0n) is 11.8. The predicted molar refractivity (Wildman–Crippen MR) is 78.1 cm³/mol. The number of methoxy groups -OCH3 is 1. The minimum absolute atomic E-state index is 0.105. The van der Waals surface area contributed by atoms with E-state index in [-0.39, 0.29) is 16.7 Å². The summed E-state index contributed by atoms with van der Waals surface area (Å²) >= 11 is 0.865. The van der Waals surface area contributed by atoms with E-state index in [9.17, 15) is 14.7 Å². The summed E-state index contributed by atoms with van der Waals surface area (Å²) in [6.45, 7) is 1.56. The number of anilines is 1. The van der Waals surface area contributed by atoms with Crippen molar-refractivity contribution in [1.29, 1.82) is 0 Å². The normalized spacial score (nSPS) is 11.5. The van der Waals surface area contributed by atoms with Crippen molar-refractivity contribution in [3.63, 3.8) is 0 Å². The van der Waals surface area contributed by atoms with Gasteiger partial charge in [-0.2, -0.15) is 9.36 Å². The molecule has 1 unspecified atom stereocenters. The molecule has 22 heavy (non-hydrogen) atoms. The van der Waals surface area contributed by atoms with Crippen molar-refractivity contribution in [2.75, 3.05) is 12.4 Å². The fraction of sp³-hybridized carbons (Fsp3) is 0.231. The molecule has 8 nitrogen and oxygen atoms in total. The Morgan fingerprint density at radius 1 is 1.32 bits per heavy atom. The fourth-order valence-electron chi connectivity index (χ4n) is 1.44. The summed E-state index contributed by atoms with van der Waals surface area (Å²) in [5.41, 5.74) is 0. The highest BCUT2D eigenvalue weighted by Crippen LogP contribution is 2.18. The van der Waals surface area contributed by atoms with E-state index in [4.69, 9.17) is 4.74 Å². The third-order valence-electron chi connectivity index (χ3n) is 2.54. The molecule has 0 bridgehead atoms. The number of ether oxygens (including phenoxy) is 2. The summed E-state index contributed by atoms with van der Waals surface area (Å²) in [6, 6.07) is 5.99. The highest BCUT2D eigenvalue weighted by molar-refractivity contribution is 7.10. The van der Waals surface area contributed by atoms with Crippen LogP contribution in [-0.4, -0.2) is 39.6 Å². The van der Waals surface area contributed by atoms with E-state index >= 15 is 0 Å². The summed E-state index contributed by atoms with van der Waals surface area (Å²) in [5, 5.41) is 11.8. The lowest BCUT2D eigenvalue weighted by Gasteiger charge is -2.13. The molecule has 2 rings (SSSR count). The first-order valence-corrected chi connectivity index (χ1v) is 6.95. The highest BCUT2D eigenvalue weighted by Gasteiger charge is 2.19. The van der Waals surface area contributed by atoms with Crippen molar-refractivity contribution >= 4 is 28.5 Å². The first kappa shape index (κ1) is 15.7. The Labute approximate surface area is 129 Å². The number of phenolic OH excluding ortho intramolecular Hbond substituents is 1. The summed E-state index contributed by atoms with van der Waals surface area (Å²) in [5.74, 6) is -0.692. The van der Waals surface area contributed by atoms with Gasteiger partial charge in [0.15, 0.2) is 6.10 Å². The fourth-order valence-corrected chi connectivity index (χ4v) is 2.00. The van der Waals surface area contributed by atoms with E-state index in [1.165, 1.54) is 19.2 Å². The maximum atomic E-state index is 12.0. The van der Waals surface area contributed by atoms with Gasteiger partial charge >= 0.3 is 5.97 Å². The van der Waals surface area contributed by atoms with Crippen LogP contribution in [0.2, 0.25) is 0 Å². The summed E-state index contributed by atoms with van der Waals surface area (Å²) in [4.78, 5) is 27.0. The molecule has 1 aromatic heterocycles. The topological polar surface area (TPSA) is 111 Å². The minimum Gasteiger partial charge on any atom is -0.508 e. The molecule has 0 aliphatic carbocycles. The van der Waals surface area contributed by atoms with Gasteiger partial charge in [-0.1, -0.05) is 0 Å². The number of amides is 1. The van der Waals surface area contributed by atoms with Crippen LogP contribution >= 0.6 is 11.5 Å². The molecule has 9 heteroatoms. The van der Waals surface area contributed by atoms with Crippen molar-refractivity contribution in [3.05, 3.63) is 30.1 Å². The van der Waals surface area contributed by atoms with Crippen LogP contribution in [0.5, 0.6) is 11.5 Å². The van der Waals surface area contributed by atoms with Gasteiger partial charge in [0.25, 0.3) is 11.7 Å². The Morgan fingerprint density at radius 3 is 2.64 bits per heavy atom. The van der Waals surface area contributed by atoms with E-state index in [1.54, 1.807) is 19.1 Å². The van der Waals surface area contributed by atoms with Gasteiger partial charge in [0.05, 0.1) is 7.11 Å². The van der Waals surface area contributed by atoms with Crippen LogP contribution in [0.25, 0.3) is 0 Å². The maximum absolute atomic E-state index is 12.0. The number of hydrogen-bond acceptors (Lipinski definition) is 8. The third-order valence-corrected chi connectivity index (χ3v) is 3.17. The lowest BCUT2D eigenvalue weighted by Crippen LogP contribution is -2.30. The standard InChI is InChI=1S/C13H13N3O5S/c1-7(21-9-5-3-8(17)4-6-9)11(18)15-13-14-10(16-22-13)12(19)20-2/h3-7,17H,1-2H3,(H,14,15,16,18). The number of phenols is 1. The number of rotatable bonds is 5. The maximum Gasteiger partial charge on any atom is 0.377 e. The molecule has 0 saturated carbocycles. The lowest BCUT2D eigenvalue weighted by atomic mass is 10.3. The number of nitrogens with zero attached hydrogens (tertiary/aromatic N) is 2. The van der Waals surface area contributed by atoms with Gasteiger partial charge in [-0.05, 0) is 31.2 Å². The van der Waals surface area contributed by atoms with E-state index in [2.05, 4.69) is 19.4 Å². The summed E-state index contributed by atoms with van der Waals surface area (Å²) < 4.78 is 13.7. The van der Waals surface area contributed by atoms with Crippen molar-refractivity contribution in [2.45, 2.75) is 13.0 Å². The minimum atomic E-state index is -0.796. The Morgan fingerprint density at radius 2 is 2.00 bits per heavy atom. The molecule has 2 N–H and O–H groups in total. The number of nitrogens with one attached hydrogen (secondary N) is 1. The van der Waals surface area contributed by atoms with E-state index in [0.717, 1.165) is 11.5 Å². The molecule has 0 radical (unpaired) electrons. The second kappa shape index (κ2) is 6.85. The van der Waals surface area contributed by atoms with Crippen molar-refractivity contribution in [2.24, 2.45) is 0 Å². The number of aromatic hydroxyl groups is 1. The van der Waals surface area contributed by atoms with Gasteiger partial charge in [-0.15, -0.1) is 0 Å². The molecule has 2 aromatic rings. The SMILES string of the molecule is COC(=O)c1nsc(NC(=O)C(C)Oc2ccc(O)cc2)n1. The Hall–Kier alpha value is -2.68. The Balaban J connectivity index is 1.94. The molecular formula is C13H13N3O5S. The molecule has 0 fully saturated rings. The van der Waals surface area contributed by atoms with Gasteiger partial charge in [0, 0.05) is 11.5 Å². The molecule has 0 saturated heterocycles. The number of carbonyl (C=O) groups is 2. The van der Waals surface area contributed by atoms with Crippen LogP contribution in [-0.2, 0) is 9.53 Å². The number of hydrogen-bond donors (Lipinski definition) is 2. The monoisotopic (exact) mass is 323 g/mol. The van der Waals surface area contributed by atoms with Crippen LogP contribution in [0.4, 0.5) is 5.13 Å². The highest BCUT2D eigenvalue weighted by atomic mass is 32.1. The first-order valence-electron chi connectivity index (χ1n) is 6.18. The predicted octanol–water partition coefficient (Wildman–Crippen LogP) is 1.44. The van der Waals surface area contributed by atoms with Crippen LogP contribution in [0, 0.1) is 0 Å². The second-order valence-electron chi connectivity index (χ2n) is 4.16. The zero-order chi connectivity index (χ0) is 16.1. The number of carbonyl (C=O) groups excluding carboxylic acids is 2. The van der Waals surface area contributed by atoms with Crippen LogP contribution < -0.4 is 10.1 Å². The second-order valence-corrected chi connectivity index (χ2v) is 4.91. The van der Waals surface area contributed by atoms with E-state index < -0.39 is 18.0 Å². The average Bonchev–Trinajstić information content (AvgIpc) is 2.97. The Kier molecular flexibility index (Phi) is 4.89. The summed E-state index contributed by atoms with van der Waals surface area (Å²) in [6.07, 6.45) is -0.796. The largest absolute Gasteiger partial charge is 0.508 e. The van der Waals surface area contributed by atoms with Gasteiger partial charge in [-0.25, -0.2) is 4.79 Å². The van der Waals surface area contributed by atoms with Gasteiger partial charge in [-0.3, -0.25) is 10.1 Å². The lowest BCUT2D eigenvalue weighted by molar-refractivity contribution is -0.122. The van der Waals surface area contributed by atoms with Crippen LogP contribution in [0.1, 0.15) is 17.5 Å². The van der Waals surface area contributed by atoms with Gasteiger partial charge < -0.3 is 14.6 Å². The number of esters is 1. The Bertz CT molecular complexity index is 671. The molecule has 0 spiro atoms. The van der Waals surface area contributed by atoms with Crippen molar-refractivity contribution < 1.29 is 24.2 Å². The molecular weight excluding hydrogens is 310 g/mol. The molecule has 1 aromatic carbocycles. The molecule has 116 valence electrons. The molecule has 0 aliphatic rings. The molecule has 0 aliphatic heterocycles. The number of aromatic nitrogens is 2. The quantitative estimate of drug-likeness (QED) is 0.801. The van der Waals surface area contributed by atoms with E-state index in [1.807, 2.05) is 0 Å². The molecule has 1 heterocycles. The summed E-state index contributed by atoms with van der Waals surface area (Å²) in [7, 11) is 1.22. The number of benzene rings is 1. The average molecular weight is 323 g/mol. The van der Waals surface area contributed by atoms with Crippen LogP contribution in [0.15, 0.2) is 24.3 Å². The van der Waals surface area contributed by atoms with E-state index in [0.29, 0.717) is 5.75 Å². The molecule has 1 amide bonds. The zero-order valence-corrected chi connectivity index (χ0v) is 12.6. The van der Waals surface area contributed by atoms with Crippen molar-refractivity contribution in [3.8, 4) is 11.5 Å². The van der Waals surface area contributed by atoms with Gasteiger partial charge in [0.2, 0.25) is 5.13 Å². The first-order chi connectivity index (χ1) is 10.5. The molecule has 1 atom stereocenters. The van der Waals surface area contributed by atoms with Crippen LogP contribution in [0.3, 0.4) is 0 Å². The van der Waals surface area contributed by atoms with Crippen molar-refractivity contribution in [1.82, 2.24) is 9.36 Å².